The number of rotatable bonds is 6. The van der Waals surface area contributed by atoms with Crippen LogP contribution in [0.2, 0.25) is 0 Å². The van der Waals surface area contributed by atoms with Gasteiger partial charge >= 0.3 is 0 Å². The smallest absolute Gasteiger partial charge is 0.119 e. The van der Waals surface area contributed by atoms with E-state index in [9.17, 15) is 0 Å². The molecule has 0 bridgehead atoms. The molecular formula is C16H19NO. The molecule has 0 heterocycles. The highest BCUT2D eigenvalue weighted by Crippen LogP contribution is 2.15. The lowest BCUT2D eigenvalue weighted by Gasteiger charge is -2.09. The molecule has 0 aliphatic rings. The third kappa shape index (κ3) is 3.81. The van der Waals surface area contributed by atoms with Crippen molar-refractivity contribution in [1.82, 2.24) is 0 Å². The van der Waals surface area contributed by atoms with Crippen LogP contribution < -0.4 is 10.1 Å². The summed E-state index contributed by atoms with van der Waals surface area (Å²) in [5.74, 6) is 0.948. The predicted octanol–water partition coefficient (Wildman–Crippen LogP) is 4.09. The van der Waals surface area contributed by atoms with Crippen molar-refractivity contribution < 1.29 is 4.74 Å². The minimum absolute atomic E-state index is 0.773. The van der Waals surface area contributed by atoms with Crippen molar-refractivity contribution in [3.05, 3.63) is 60.2 Å². The Morgan fingerprint density at radius 3 is 2.61 bits per heavy atom. The van der Waals surface area contributed by atoms with E-state index in [0.29, 0.717) is 0 Å². The molecule has 94 valence electrons. The fourth-order valence-electron chi connectivity index (χ4n) is 1.73. The minimum Gasteiger partial charge on any atom is -0.494 e. The maximum absolute atomic E-state index is 5.62. The molecule has 2 aromatic rings. The Kier molecular flexibility index (Phi) is 4.65. The fourth-order valence-corrected chi connectivity index (χ4v) is 1.73. The first-order valence-electron chi connectivity index (χ1n) is 6.39. The van der Waals surface area contributed by atoms with E-state index in [1.807, 2.05) is 30.3 Å². The van der Waals surface area contributed by atoms with Gasteiger partial charge in [-0.2, -0.15) is 0 Å². The van der Waals surface area contributed by atoms with Crippen molar-refractivity contribution in [3.63, 3.8) is 0 Å². The molecule has 2 nitrogen and oxygen atoms in total. The second-order valence-corrected chi connectivity index (χ2v) is 4.22. The zero-order valence-electron chi connectivity index (χ0n) is 10.7. The molecule has 0 spiro atoms. The number of benzene rings is 2. The van der Waals surface area contributed by atoms with Crippen LogP contribution in [0.15, 0.2) is 54.6 Å². The average molecular weight is 241 g/mol. The number of nitrogens with one attached hydrogen (secondary N) is 1. The second-order valence-electron chi connectivity index (χ2n) is 4.22. The third-order valence-corrected chi connectivity index (χ3v) is 2.64. The lowest BCUT2D eigenvalue weighted by molar-refractivity contribution is 0.317. The summed E-state index contributed by atoms with van der Waals surface area (Å²) in [6.07, 6.45) is 1.03. The molecule has 0 fully saturated rings. The van der Waals surface area contributed by atoms with E-state index in [0.717, 1.165) is 31.0 Å². The summed E-state index contributed by atoms with van der Waals surface area (Å²) in [5.41, 5.74) is 2.37. The van der Waals surface area contributed by atoms with E-state index in [2.05, 4.69) is 36.5 Å². The van der Waals surface area contributed by atoms with Crippen molar-refractivity contribution >= 4 is 5.69 Å². The van der Waals surface area contributed by atoms with Crippen molar-refractivity contribution in [3.8, 4) is 5.75 Å². The maximum atomic E-state index is 5.62. The Bertz CT molecular complexity index is 468. The van der Waals surface area contributed by atoms with Crippen molar-refractivity contribution in [2.24, 2.45) is 0 Å². The summed E-state index contributed by atoms with van der Waals surface area (Å²) in [7, 11) is 0. The Balaban J connectivity index is 1.93. The van der Waals surface area contributed by atoms with Crippen LogP contribution in [-0.2, 0) is 6.54 Å². The number of anilines is 1. The van der Waals surface area contributed by atoms with Crippen LogP contribution in [0.5, 0.6) is 5.75 Å². The van der Waals surface area contributed by atoms with Crippen molar-refractivity contribution in [2.75, 3.05) is 11.9 Å². The van der Waals surface area contributed by atoms with Gasteiger partial charge in [0.05, 0.1) is 6.61 Å². The summed E-state index contributed by atoms with van der Waals surface area (Å²) in [6.45, 7) is 3.70. The van der Waals surface area contributed by atoms with Crippen LogP contribution in [0.1, 0.15) is 18.9 Å². The topological polar surface area (TPSA) is 21.3 Å². The summed E-state index contributed by atoms with van der Waals surface area (Å²) < 4.78 is 5.62. The zero-order valence-corrected chi connectivity index (χ0v) is 10.7. The van der Waals surface area contributed by atoms with Crippen LogP contribution in [0.4, 0.5) is 5.69 Å². The Morgan fingerprint density at radius 2 is 1.83 bits per heavy atom. The lowest BCUT2D eigenvalue weighted by Crippen LogP contribution is -2.00. The SMILES string of the molecule is CCCOc1cccc(CNc2ccccc2)c1. The van der Waals surface area contributed by atoms with E-state index in [4.69, 9.17) is 4.74 Å². The number of ether oxygens (including phenoxy) is 1. The Labute approximate surface area is 109 Å². The predicted molar refractivity (Wildman–Crippen MR) is 76.0 cm³/mol. The first-order chi connectivity index (χ1) is 8.88. The highest BCUT2D eigenvalue weighted by Gasteiger charge is 1.97. The summed E-state index contributed by atoms with van der Waals surface area (Å²) >= 11 is 0. The first-order valence-corrected chi connectivity index (χ1v) is 6.39. The molecule has 0 unspecified atom stereocenters. The third-order valence-electron chi connectivity index (χ3n) is 2.64. The van der Waals surface area contributed by atoms with E-state index >= 15 is 0 Å². The molecule has 0 aromatic heterocycles. The number of para-hydroxylation sites is 1. The molecule has 0 aliphatic carbocycles. The van der Waals surface area contributed by atoms with Gasteiger partial charge < -0.3 is 10.1 Å². The molecule has 0 amide bonds. The number of hydrogen-bond acceptors (Lipinski definition) is 2. The lowest BCUT2D eigenvalue weighted by atomic mass is 10.2. The van der Waals surface area contributed by atoms with Gasteiger partial charge in [0.2, 0.25) is 0 Å². The second kappa shape index (κ2) is 6.70. The van der Waals surface area contributed by atoms with Crippen LogP contribution in [-0.4, -0.2) is 6.61 Å². The highest BCUT2D eigenvalue weighted by molar-refractivity contribution is 5.43. The van der Waals surface area contributed by atoms with Gasteiger partial charge in [-0.15, -0.1) is 0 Å². The van der Waals surface area contributed by atoms with Crippen LogP contribution >= 0.6 is 0 Å². The molecule has 1 N–H and O–H groups in total. The van der Waals surface area contributed by atoms with Crippen LogP contribution in [0.3, 0.4) is 0 Å². The molecular weight excluding hydrogens is 222 g/mol. The summed E-state index contributed by atoms with van der Waals surface area (Å²) in [4.78, 5) is 0. The Morgan fingerprint density at radius 1 is 1.00 bits per heavy atom. The van der Waals surface area contributed by atoms with Gasteiger partial charge in [0.1, 0.15) is 5.75 Å². The number of hydrogen-bond donors (Lipinski definition) is 1. The summed E-state index contributed by atoms with van der Waals surface area (Å²) in [5, 5.41) is 3.39. The maximum Gasteiger partial charge on any atom is 0.119 e. The largest absolute Gasteiger partial charge is 0.494 e. The van der Waals surface area contributed by atoms with Gasteiger partial charge in [0, 0.05) is 12.2 Å². The van der Waals surface area contributed by atoms with Crippen LogP contribution in [0.25, 0.3) is 0 Å². The van der Waals surface area contributed by atoms with Gasteiger partial charge in [-0.25, -0.2) is 0 Å². The summed E-state index contributed by atoms with van der Waals surface area (Å²) in [6, 6.07) is 18.4. The first kappa shape index (κ1) is 12.5. The van der Waals surface area contributed by atoms with Gasteiger partial charge in [-0.1, -0.05) is 37.3 Å². The van der Waals surface area contributed by atoms with Gasteiger partial charge in [-0.3, -0.25) is 0 Å². The van der Waals surface area contributed by atoms with Gasteiger partial charge in [-0.05, 0) is 36.2 Å². The van der Waals surface area contributed by atoms with E-state index in [1.165, 1.54) is 5.56 Å². The molecule has 2 aromatic carbocycles. The van der Waals surface area contributed by atoms with Crippen LogP contribution in [0, 0.1) is 0 Å². The highest BCUT2D eigenvalue weighted by atomic mass is 16.5. The zero-order chi connectivity index (χ0) is 12.6. The van der Waals surface area contributed by atoms with Gasteiger partial charge in [0.25, 0.3) is 0 Å². The molecule has 0 saturated heterocycles. The molecule has 18 heavy (non-hydrogen) atoms. The van der Waals surface area contributed by atoms with E-state index in [1.54, 1.807) is 0 Å². The molecule has 0 atom stereocenters. The monoisotopic (exact) mass is 241 g/mol. The van der Waals surface area contributed by atoms with Crippen molar-refractivity contribution in [1.29, 1.82) is 0 Å². The Hall–Kier alpha value is -1.96. The molecule has 0 aliphatic heterocycles. The molecule has 0 saturated carbocycles. The molecule has 2 rings (SSSR count). The van der Waals surface area contributed by atoms with E-state index < -0.39 is 0 Å². The van der Waals surface area contributed by atoms with E-state index in [-0.39, 0.29) is 0 Å². The molecule has 0 radical (unpaired) electrons. The average Bonchev–Trinajstić information content (AvgIpc) is 2.44. The minimum atomic E-state index is 0.773. The van der Waals surface area contributed by atoms with Gasteiger partial charge in [0.15, 0.2) is 0 Å². The quantitative estimate of drug-likeness (QED) is 0.822. The normalized spacial score (nSPS) is 10.1. The fraction of sp³-hybridized carbons (Fsp3) is 0.250. The van der Waals surface area contributed by atoms with Crippen molar-refractivity contribution in [2.45, 2.75) is 19.9 Å². The standard InChI is InChI=1S/C16H19NO/c1-2-11-18-16-10-6-7-14(12-16)13-17-15-8-4-3-5-9-15/h3-10,12,17H,2,11,13H2,1H3. The molecule has 2 heteroatoms.